The number of rotatable bonds is 4. The highest BCUT2D eigenvalue weighted by atomic mass is 19.4. The number of fused-ring (bicyclic) bond motifs is 1. The predicted octanol–water partition coefficient (Wildman–Crippen LogP) is 4.87. The van der Waals surface area contributed by atoms with E-state index in [0.29, 0.717) is 18.3 Å². The topological polar surface area (TPSA) is 53.6 Å². The van der Waals surface area contributed by atoms with Crippen molar-refractivity contribution in [2.45, 2.75) is 31.6 Å². The minimum absolute atomic E-state index is 0.311. The predicted molar refractivity (Wildman–Crippen MR) is 91.5 cm³/mol. The summed E-state index contributed by atoms with van der Waals surface area (Å²) >= 11 is 0. The number of halogens is 3. The Morgan fingerprint density at radius 2 is 1.96 bits per heavy atom. The molecule has 26 heavy (non-hydrogen) atoms. The first kappa shape index (κ1) is 16.5. The first-order valence-electron chi connectivity index (χ1n) is 8.28. The molecule has 0 amide bonds. The number of hydrogen-bond acceptors (Lipinski definition) is 3. The molecule has 1 aromatic heterocycles. The molecule has 1 saturated carbocycles. The summed E-state index contributed by atoms with van der Waals surface area (Å²) in [4.78, 5) is 4.62. The van der Waals surface area contributed by atoms with Crippen molar-refractivity contribution in [2.24, 2.45) is 0 Å². The van der Waals surface area contributed by atoms with Gasteiger partial charge in [-0.2, -0.15) is 18.4 Å². The van der Waals surface area contributed by atoms with Crippen molar-refractivity contribution in [3.05, 3.63) is 59.4 Å². The highest BCUT2D eigenvalue weighted by Crippen LogP contribution is 2.39. The maximum Gasteiger partial charge on any atom is 0.417 e. The number of anilines is 1. The molecule has 1 aliphatic rings. The number of nitrogens with one attached hydrogen (secondary N) is 1. The standard InChI is InChI=1S/C19H15F3N4/c20-19(21,22)15-9-13(6-5-12(15)10-23)24-11-18-25-16-3-1-2-4-17(16)26(18)14-7-8-14/h1-6,9,14,24H,7-8,11H2. The van der Waals surface area contributed by atoms with Gasteiger partial charge in [0.15, 0.2) is 0 Å². The molecule has 1 fully saturated rings. The summed E-state index contributed by atoms with van der Waals surface area (Å²) in [6.45, 7) is 0.314. The molecule has 0 atom stereocenters. The summed E-state index contributed by atoms with van der Waals surface area (Å²) < 4.78 is 41.5. The van der Waals surface area contributed by atoms with Crippen LogP contribution in [0, 0.1) is 11.3 Å². The Balaban J connectivity index is 1.63. The summed E-state index contributed by atoms with van der Waals surface area (Å²) in [5, 5.41) is 11.9. The number of para-hydroxylation sites is 2. The van der Waals surface area contributed by atoms with Gasteiger partial charge in [0, 0.05) is 11.7 Å². The average molecular weight is 356 g/mol. The van der Waals surface area contributed by atoms with Crippen LogP contribution in [0.5, 0.6) is 0 Å². The van der Waals surface area contributed by atoms with Crippen molar-refractivity contribution < 1.29 is 13.2 Å². The number of benzene rings is 2. The number of nitrogens with zero attached hydrogens (tertiary/aromatic N) is 3. The summed E-state index contributed by atoms with van der Waals surface area (Å²) in [6.07, 6.45) is -2.39. The monoisotopic (exact) mass is 356 g/mol. The zero-order valence-corrected chi connectivity index (χ0v) is 13.7. The lowest BCUT2D eigenvalue weighted by Gasteiger charge is -2.13. The van der Waals surface area contributed by atoms with Gasteiger partial charge in [-0.1, -0.05) is 12.1 Å². The van der Waals surface area contributed by atoms with Crippen molar-refractivity contribution in [1.29, 1.82) is 5.26 Å². The number of nitriles is 1. The lowest BCUT2D eigenvalue weighted by molar-refractivity contribution is -0.137. The van der Waals surface area contributed by atoms with E-state index in [4.69, 9.17) is 5.26 Å². The van der Waals surface area contributed by atoms with Crippen molar-refractivity contribution in [2.75, 3.05) is 5.32 Å². The van der Waals surface area contributed by atoms with Crippen molar-refractivity contribution >= 4 is 16.7 Å². The molecule has 0 radical (unpaired) electrons. The molecule has 2 aromatic carbocycles. The Bertz CT molecular complexity index is 1010. The second kappa shape index (κ2) is 6.06. The molecule has 4 rings (SSSR count). The van der Waals surface area contributed by atoms with E-state index in [1.807, 2.05) is 24.3 Å². The van der Waals surface area contributed by atoms with Gasteiger partial charge in [-0.15, -0.1) is 0 Å². The Morgan fingerprint density at radius 3 is 2.65 bits per heavy atom. The first-order chi connectivity index (χ1) is 12.5. The van der Waals surface area contributed by atoms with Gasteiger partial charge >= 0.3 is 6.18 Å². The maximum absolute atomic E-state index is 13.1. The van der Waals surface area contributed by atoms with E-state index in [0.717, 1.165) is 35.8 Å². The zero-order chi connectivity index (χ0) is 18.3. The van der Waals surface area contributed by atoms with Crippen LogP contribution in [0.4, 0.5) is 18.9 Å². The molecule has 1 heterocycles. The number of imidazole rings is 1. The third kappa shape index (κ3) is 2.99. The van der Waals surface area contributed by atoms with E-state index < -0.39 is 11.7 Å². The van der Waals surface area contributed by atoms with Crippen LogP contribution in [0.15, 0.2) is 42.5 Å². The zero-order valence-electron chi connectivity index (χ0n) is 13.7. The van der Waals surface area contributed by atoms with Crippen LogP contribution >= 0.6 is 0 Å². The van der Waals surface area contributed by atoms with Gasteiger partial charge in [0.1, 0.15) is 5.82 Å². The molecule has 0 unspecified atom stereocenters. The van der Waals surface area contributed by atoms with Gasteiger partial charge in [0.25, 0.3) is 0 Å². The molecule has 0 aliphatic heterocycles. The van der Waals surface area contributed by atoms with Crippen molar-refractivity contribution in [3.63, 3.8) is 0 Å². The fourth-order valence-corrected chi connectivity index (χ4v) is 3.13. The van der Waals surface area contributed by atoms with Crippen LogP contribution in [-0.4, -0.2) is 9.55 Å². The number of alkyl halides is 3. The van der Waals surface area contributed by atoms with E-state index in [9.17, 15) is 13.2 Å². The molecular formula is C19H15F3N4. The van der Waals surface area contributed by atoms with Crippen LogP contribution in [0.25, 0.3) is 11.0 Å². The summed E-state index contributed by atoms with van der Waals surface area (Å²) in [5.74, 6) is 0.798. The Morgan fingerprint density at radius 1 is 1.19 bits per heavy atom. The minimum atomic E-state index is -4.57. The van der Waals surface area contributed by atoms with E-state index >= 15 is 0 Å². The third-order valence-corrected chi connectivity index (χ3v) is 4.48. The molecule has 4 nitrogen and oxygen atoms in total. The van der Waals surface area contributed by atoms with Crippen molar-refractivity contribution in [1.82, 2.24) is 9.55 Å². The van der Waals surface area contributed by atoms with E-state index in [-0.39, 0.29) is 5.56 Å². The van der Waals surface area contributed by atoms with Gasteiger partial charge in [-0.3, -0.25) is 0 Å². The molecule has 1 aliphatic carbocycles. The maximum atomic E-state index is 13.1. The Hall–Kier alpha value is -3.01. The second-order valence-electron chi connectivity index (χ2n) is 6.34. The van der Waals surface area contributed by atoms with Crippen LogP contribution in [0.1, 0.15) is 35.8 Å². The van der Waals surface area contributed by atoms with Gasteiger partial charge in [0.05, 0.1) is 34.8 Å². The van der Waals surface area contributed by atoms with Gasteiger partial charge in [0.2, 0.25) is 0 Å². The van der Waals surface area contributed by atoms with Crippen LogP contribution < -0.4 is 5.32 Å². The first-order valence-corrected chi connectivity index (χ1v) is 8.28. The van der Waals surface area contributed by atoms with Gasteiger partial charge < -0.3 is 9.88 Å². The number of aromatic nitrogens is 2. The van der Waals surface area contributed by atoms with E-state index in [1.54, 1.807) is 6.07 Å². The van der Waals surface area contributed by atoms with E-state index in [1.165, 1.54) is 12.1 Å². The van der Waals surface area contributed by atoms with Crippen LogP contribution in [0.3, 0.4) is 0 Å². The summed E-state index contributed by atoms with van der Waals surface area (Å²) in [6, 6.07) is 13.5. The highest BCUT2D eigenvalue weighted by Gasteiger charge is 2.34. The lowest BCUT2D eigenvalue weighted by Crippen LogP contribution is -2.11. The largest absolute Gasteiger partial charge is 0.417 e. The molecule has 0 spiro atoms. The minimum Gasteiger partial charge on any atom is -0.378 e. The second-order valence-corrected chi connectivity index (χ2v) is 6.34. The summed E-state index contributed by atoms with van der Waals surface area (Å²) in [5.41, 5.74) is 0.925. The van der Waals surface area contributed by atoms with Gasteiger partial charge in [-0.25, -0.2) is 4.98 Å². The quantitative estimate of drug-likeness (QED) is 0.725. The molecule has 132 valence electrons. The van der Waals surface area contributed by atoms with Crippen LogP contribution in [0.2, 0.25) is 0 Å². The average Bonchev–Trinajstić information content (AvgIpc) is 3.39. The van der Waals surface area contributed by atoms with E-state index in [2.05, 4.69) is 14.9 Å². The molecular weight excluding hydrogens is 341 g/mol. The molecule has 7 heteroatoms. The van der Waals surface area contributed by atoms with Crippen molar-refractivity contribution in [3.8, 4) is 6.07 Å². The summed E-state index contributed by atoms with van der Waals surface area (Å²) in [7, 11) is 0. The van der Waals surface area contributed by atoms with Crippen LogP contribution in [-0.2, 0) is 12.7 Å². The molecule has 0 bridgehead atoms. The molecule has 3 aromatic rings. The fourth-order valence-electron chi connectivity index (χ4n) is 3.13. The molecule has 1 N–H and O–H groups in total. The molecule has 0 saturated heterocycles. The Kier molecular flexibility index (Phi) is 3.83. The smallest absolute Gasteiger partial charge is 0.378 e. The fraction of sp³-hybridized carbons (Fsp3) is 0.263. The normalized spacial score (nSPS) is 14.4. The highest BCUT2D eigenvalue weighted by molar-refractivity contribution is 5.76. The van der Waals surface area contributed by atoms with Gasteiger partial charge in [-0.05, 0) is 43.2 Å². The third-order valence-electron chi connectivity index (χ3n) is 4.48. The lowest BCUT2D eigenvalue weighted by atomic mass is 10.1. The number of hydrogen-bond donors (Lipinski definition) is 1. The SMILES string of the molecule is N#Cc1ccc(NCc2nc3ccccc3n2C2CC2)cc1C(F)(F)F. The Labute approximate surface area is 147 Å².